The van der Waals surface area contributed by atoms with E-state index in [0.29, 0.717) is 50.5 Å². The van der Waals surface area contributed by atoms with Gasteiger partial charge in [-0.2, -0.15) is 0 Å². The fourth-order valence-corrected chi connectivity index (χ4v) is 4.93. The van der Waals surface area contributed by atoms with Crippen molar-refractivity contribution in [3.8, 4) is 22.8 Å². The van der Waals surface area contributed by atoms with Crippen molar-refractivity contribution in [2.45, 2.75) is 26.7 Å². The van der Waals surface area contributed by atoms with E-state index in [1.807, 2.05) is 31.2 Å². The van der Waals surface area contributed by atoms with Gasteiger partial charge in [-0.3, -0.25) is 4.79 Å². The summed E-state index contributed by atoms with van der Waals surface area (Å²) in [5.74, 6) is 0.390. The second kappa shape index (κ2) is 10.5. The van der Waals surface area contributed by atoms with Crippen LogP contribution < -0.4 is 15.6 Å². The van der Waals surface area contributed by atoms with Crippen LogP contribution in [0.25, 0.3) is 23.5 Å². The number of aromatic hydroxyl groups is 1. The highest BCUT2D eigenvalue weighted by Gasteiger charge is 2.35. The van der Waals surface area contributed by atoms with E-state index in [0.717, 1.165) is 5.56 Å². The minimum Gasteiger partial charge on any atom is -0.504 e. The number of hydrogen-bond acceptors (Lipinski definition) is 7. The Morgan fingerprint density at radius 2 is 1.77 bits per heavy atom. The van der Waals surface area contributed by atoms with Gasteiger partial charge in [-0.25, -0.2) is 4.79 Å². The first kappa shape index (κ1) is 25.9. The van der Waals surface area contributed by atoms with Crippen molar-refractivity contribution < 1.29 is 33.0 Å². The Balaban J connectivity index is 1.62. The van der Waals surface area contributed by atoms with Gasteiger partial charge >= 0.3 is 5.97 Å². The van der Waals surface area contributed by atoms with Gasteiger partial charge in [-0.05, 0) is 62.2 Å². The number of methoxy groups -OCH3 is 1. The molecule has 198 valence electrons. The van der Waals surface area contributed by atoms with Crippen molar-refractivity contribution in [2.75, 3.05) is 13.7 Å². The van der Waals surface area contributed by atoms with Gasteiger partial charge in [0, 0.05) is 23.1 Å². The van der Waals surface area contributed by atoms with E-state index in [1.54, 1.807) is 62.6 Å². The molecule has 0 spiro atoms. The Labute approximate surface area is 225 Å². The fourth-order valence-electron chi connectivity index (χ4n) is 4.93. The average Bonchev–Trinajstić information content (AvgIpc) is 3.52. The van der Waals surface area contributed by atoms with Gasteiger partial charge in [0.15, 0.2) is 16.9 Å². The molecule has 1 aliphatic carbocycles. The predicted molar refractivity (Wildman–Crippen MR) is 146 cm³/mol. The van der Waals surface area contributed by atoms with E-state index < -0.39 is 11.9 Å². The number of esters is 1. The number of fused-ring (bicyclic) bond motifs is 1. The molecule has 0 fully saturated rings. The number of benzene rings is 2. The molecule has 4 aromatic rings. The highest BCUT2D eigenvalue weighted by atomic mass is 16.5. The first-order valence-corrected chi connectivity index (χ1v) is 12.6. The number of ether oxygens (including phenoxy) is 2. The Morgan fingerprint density at radius 3 is 2.46 bits per heavy atom. The molecule has 7 nitrogen and oxygen atoms in total. The second-order valence-electron chi connectivity index (χ2n) is 9.21. The lowest BCUT2D eigenvalue weighted by atomic mass is 9.80. The Hall–Kier alpha value is -4.78. The van der Waals surface area contributed by atoms with Crippen LogP contribution in [0.1, 0.15) is 53.9 Å². The molecule has 0 saturated heterocycles. The van der Waals surface area contributed by atoms with Crippen LogP contribution in [-0.4, -0.2) is 30.6 Å². The molecule has 2 aromatic heterocycles. The molecule has 0 amide bonds. The van der Waals surface area contributed by atoms with Crippen LogP contribution in [0.5, 0.6) is 11.5 Å². The van der Waals surface area contributed by atoms with Crippen molar-refractivity contribution in [1.29, 1.82) is 0 Å². The van der Waals surface area contributed by atoms with Gasteiger partial charge < -0.3 is 23.4 Å². The molecule has 2 aromatic carbocycles. The number of carbonyl (C=O) groups is 2. The van der Waals surface area contributed by atoms with Crippen LogP contribution in [0.15, 0.2) is 80.6 Å². The first-order chi connectivity index (χ1) is 18.8. The fraction of sp³-hybridized carbons (Fsp3) is 0.188. The lowest BCUT2D eigenvalue weighted by molar-refractivity contribution is -0.138. The zero-order valence-corrected chi connectivity index (χ0v) is 22.1. The molecule has 1 aliphatic rings. The summed E-state index contributed by atoms with van der Waals surface area (Å²) < 4.78 is 22.8. The monoisotopic (exact) mass is 524 g/mol. The van der Waals surface area contributed by atoms with Crippen molar-refractivity contribution in [3.05, 3.63) is 105 Å². The smallest absolute Gasteiger partial charge is 0.335 e. The average molecular weight is 525 g/mol. The zero-order chi connectivity index (χ0) is 27.7. The summed E-state index contributed by atoms with van der Waals surface area (Å²) in [4.78, 5) is 25.1. The molecule has 0 saturated carbocycles. The van der Waals surface area contributed by atoms with Gasteiger partial charge in [0.2, 0.25) is 0 Å². The Bertz CT molecular complexity index is 1710. The molecular weight excluding hydrogens is 496 g/mol. The summed E-state index contributed by atoms with van der Waals surface area (Å²) in [5, 5.41) is 11.4. The molecule has 5 rings (SSSR count). The summed E-state index contributed by atoms with van der Waals surface area (Å²) >= 11 is 0. The maximum atomic E-state index is 13.1. The van der Waals surface area contributed by atoms with E-state index in [9.17, 15) is 14.7 Å². The molecule has 7 heteroatoms. The molecule has 1 atom stereocenters. The molecule has 2 heterocycles. The summed E-state index contributed by atoms with van der Waals surface area (Å²) in [6.45, 7) is 5.31. The summed E-state index contributed by atoms with van der Waals surface area (Å²) in [6, 6.07) is 18.0. The van der Waals surface area contributed by atoms with E-state index in [2.05, 4.69) is 0 Å². The van der Waals surface area contributed by atoms with Gasteiger partial charge in [-0.15, -0.1) is 0 Å². The lowest BCUT2D eigenvalue weighted by Gasteiger charge is -2.23. The van der Waals surface area contributed by atoms with E-state index in [1.165, 1.54) is 6.92 Å². The van der Waals surface area contributed by atoms with Crippen LogP contribution in [-0.2, 0) is 9.53 Å². The van der Waals surface area contributed by atoms with E-state index >= 15 is 0 Å². The van der Waals surface area contributed by atoms with Crippen molar-refractivity contribution in [1.82, 2.24) is 0 Å². The second-order valence-corrected chi connectivity index (χ2v) is 9.21. The van der Waals surface area contributed by atoms with E-state index in [-0.39, 0.29) is 23.6 Å². The number of furan rings is 2. The third-order valence-electron chi connectivity index (χ3n) is 6.74. The number of allylic oxidation sites excluding steroid dienone is 1. The van der Waals surface area contributed by atoms with Gasteiger partial charge in [0.25, 0.3) is 0 Å². The zero-order valence-electron chi connectivity index (χ0n) is 22.1. The molecule has 1 N–H and O–H groups in total. The quantitative estimate of drug-likeness (QED) is 0.266. The molecule has 1 unspecified atom stereocenters. The third-order valence-corrected chi connectivity index (χ3v) is 6.74. The standard InChI is InChI=1S/C32H28O7/c1-5-37-32(35)28-18(2)16-26-30(29(28)20-10-12-21(36-4)13-11-20)31(34)27(39-26)17-22-14-15-25(38-22)24-9-7-6-8-23(24)19(3)33/h6-17,29,34H,5H2,1-4H3. The summed E-state index contributed by atoms with van der Waals surface area (Å²) in [7, 11) is 1.58. The highest BCUT2D eigenvalue weighted by molar-refractivity contribution is 6.00. The topological polar surface area (TPSA) is 99.1 Å². The maximum absolute atomic E-state index is 13.1. The van der Waals surface area contributed by atoms with Gasteiger partial charge in [0.05, 0.1) is 24.9 Å². The first-order valence-electron chi connectivity index (χ1n) is 12.6. The number of carbonyl (C=O) groups excluding carboxylic acids is 2. The van der Waals surface area contributed by atoms with Crippen LogP contribution in [0, 0.1) is 0 Å². The Morgan fingerprint density at radius 1 is 1.03 bits per heavy atom. The van der Waals surface area contributed by atoms with Crippen molar-refractivity contribution in [3.63, 3.8) is 0 Å². The van der Waals surface area contributed by atoms with Crippen LogP contribution in [0.4, 0.5) is 0 Å². The lowest BCUT2D eigenvalue weighted by Crippen LogP contribution is -2.24. The SMILES string of the molecule is CCOC(=O)C1=C(C)C=c2oc(=Cc3ccc(-c4ccccc4C(C)=O)o3)c(O)c2C1c1ccc(OC)cc1. The largest absolute Gasteiger partial charge is 0.504 e. The minimum atomic E-state index is -0.615. The number of Topliss-reactive ketones (excluding diaryl/α,β-unsaturated/α-hetero) is 1. The molecule has 39 heavy (non-hydrogen) atoms. The Kier molecular flexibility index (Phi) is 6.98. The molecule has 0 bridgehead atoms. The predicted octanol–water partition coefficient (Wildman–Crippen LogP) is 5.09. The molecule has 0 aliphatic heterocycles. The summed E-state index contributed by atoms with van der Waals surface area (Å²) in [6.07, 6.45) is 3.32. The number of hydrogen-bond donors (Lipinski definition) is 1. The van der Waals surface area contributed by atoms with Crippen molar-refractivity contribution in [2.24, 2.45) is 0 Å². The van der Waals surface area contributed by atoms with Gasteiger partial charge in [0.1, 0.15) is 22.7 Å². The third kappa shape index (κ3) is 4.79. The molecular formula is C32H28O7. The molecule has 0 radical (unpaired) electrons. The van der Waals surface area contributed by atoms with Crippen LogP contribution >= 0.6 is 0 Å². The maximum Gasteiger partial charge on any atom is 0.335 e. The summed E-state index contributed by atoms with van der Waals surface area (Å²) in [5.41, 5.74) is 4.22. The highest BCUT2D eigenvalue weighted by Crippen LogP contribution is 2.39. The number of rotatable bonds is 7. The van der Waals surface area contributed by atoms with Crippen LogP contribution in [0.3, 0.4) is 0 Å². The normalized spacial score (nSPS) is 15.1. The van der Waals surface area contributed by atoms with Crippen LogP contribution in [0.2, 0.25) is 0 Å². The number of ketones is 1. The van der Waals surface area contributed by atoms with Gasteiger partial charge in [-0.1, -0.05) is 36.4 Å². The minimum absolute atomic E-state index is 0.0655. The van der Waals surface area contributed by atoms with E-state index in [4.69, 9.17) is 18.3 Å². The van der Waals surface area contributed by atoms with Crippen molar-refractivity contribution >= 4 is 23.9 Å².